The predicted octanol–water partition coefficient (Wildman–Crippen LogP) is 3.80. The fraction of sp³-hybridized carbons (Fsp3) is 0.105. The van der Waals surface area contributed by atoms with Crippen molar-refractivity contribution in [3.63, 3.8) is 0 Å². The number of nitrogens with one attached hydrogen (secondary N) is 1. The maximum Gasteiger partial charge on any atom is 0.236 e. The second-order valence-electron chi connectivity index (χ2n) is 6.07. The Labute approximate surface area is 183 Å². The molecule has 8 nitrogen and oxygen atoms in total. The summed E-state index contributed by atoms with van der Waals surface area (Å²) in [5.41, 5.74) is 0.994. The highest BCUT2D eigenvalue weighted by molar-refractivity contribution is 7.99. The van der Waals surface area contributed by atoms with Gasteiger partial charge in [0.25, 0.3) is 0 Å². The van der Waals surface area contributed by atoms with Crippen LogP contribution in [0, 0.1) is 11.6 Å². The number of carbonyl (C=O) groups excluding carboxylic acids is 1. The van der Waals surface area contributed by atoms with Gasteiger partial charge in [-0.15, -0.1) is 16.4 Å². The van der Waals surface area contributed by atoms with E-state index in [4.69, 9.17) is 4.74 Å². The summed E-state index contributed by atoms with van der Waals surface area (Å²) in [4.78, 5) is 16.5. The van der Waals surface area contributed by atoms with Gasteiger partial charge in [-0.1, -0.05) is 11.8 Å². The smallest absolute Gasteiger partial charge is 0.236 e. The van der Waals surface area contributed by atoms with Crippen LogP contribution in [0.15, 0.2) is 53.0 Å². The highest BCUT2D eigenvalue weighted by Crippen LogP contribution is 2.28. The fourth-order valence-corrected chi connectivity index (χ4v) is 4.01. The lowest BCUT2D eigenvalue weighted by Gasteiger charge is -2.05. The van der Waals surface area contributed by atoms with Crippen molar-refractivity contribution in [2.24, 2.45) is 0 Å². The van der Waals surface area contributed by atoms with Gasteiger partial charge in [-0.25, -0.2) is 13.8 Å². The molecular formula is C19H14F2N6O2S2. The molecule has 0 saturated carbocycles. The van der Waals surface area contributed by atoms with Crippen LogP contribution in [0.5, 0.6) is 5.75 Å². The molecule has 31 heavy (non-hydrogen) atoms. The van der Waals surface area contributed by atoms with E-state index in [0.29, 0.717) is 10.9 Å². The molecule has 4 rings (SSSR count). The molecule has 0 unspecified atom stereocenters. The first kappa shape index (κ1) is 20.9. The van der Waals surface area contributed by atoms with Gasteiger partial charge < -0.3 is 10.1 Å². The first-order chi connectivity index (χ1) is 15.0. The van der Waals surface area contributed by atoms with Gasteiger partial charge in [0.1, 0.15) is 17.4 Å². The van der Waals surface area contributed by atoms with E-state index in [1.54, 1.807) is 36.8 Å². The van der Waals surface area contributed by atoms with Crippen LogP contribution in [0.3, 0.4) is 0 Å². The number of halogens is 2. The minimum Gasteiger partial charge on any atom is -0.497 e. The molecule has 2 aromatic carbocycles. The van der Waals surface area contributed by atoms with Gasteiger partial charge in [-0.05, 0) is 52.9 Å². The second kappa shape index (κ2) is 9.18. The molecule has 0 atom stereocenters. The van der Waals surface area contributed by atoms with Crippen molar-refractivity contribution in [1.29, 1.82) is 0 Å². The van der Waals surface area contributed by atoms with Crippen LogP contribution in [0.1, 0.15) is 0 Å². The summed E-state index contributed by atoms with van der Waals surface area (Å²) in [6, 6.07) is 10.3. The summed E-state index contributed by atoms with van der Waals surface area (Å²) in [6.07, 6.45) is 0. The number of thioether (sulfide) groups is 1. The second-order valence-corrected chi connectivity index (χ2v) is 7.87. The van der Waals surface area contributed by atoms with E-state index in [1.807, 2.05) is 0 Å². The number of hydrogen-bond donors (Lipinski definition) is 1. The van der Waals surface area contributed by atoms with Gasteiger partial charge in [0.05, 0.1) is 24.2 Å². The van der Waals surface area contributed by atoms with Crippen LogP contribution >= 0.6 is 23.1 Å². The number of rotatable bonds is 7. The lowest BCUT2D eigenvalue weighted by atomic mass is 10.1. The lowest BCUT2D eigenvalue weighted by Crippen LogP contribution is -2.14. The van der Waals surface area contributed by atoms with E-state index < -0.39 is 11.6 Å². The van der Waals surface area contributed by atoms with Gasteiger partial charge in [-0.2, -0.15) is 4.68 Å². The van der Waals surface area contributed by atoms with Crippen molar-refractivity contribution >= 4 is 34.1 Å². The number of amides is 1. The van der Waals surface area contributed by atoms with Gasteiger partial charge in [-0.3, -0.25) is 4.79 Å². The van der Waals surface area contributed by atoms with Crippen LogP contribution in [0.2, 0.25) is 0 Å². The van der Waals surface area contributed by atoms with E-state index in [1.165, 1.54) is 4.68 Å². The van der Waals surface area contributed by atoms with Crippen LogP contribution in [0.25, 0.3) is 16.9 Å². The molecule has 2 aromatic heterocycles. The van der Waals surface area contributed by atoms with Crippen molar-refractivity contribution in [2.45, 2.75) is 5.16 Å². The molecule has 0 aliphatic heterocycles. The molecule has 0 fully saturated rings. The average Bonchev–Trinajstić information content (AvgIpc) is 3.43. The maximum atomic E-state index is 13.9. The first-order valence-electron chi connectivity index (χ1n) is 8.80. The van der Waals surface area contributed by atoms with E-state index >= 15 is 0 Å². The Morgan fingerprint density at radius 2 is 2.03 bits per heavy atom. The van der Waals surface area contributed by atoms with Crippen molar-refractivity contribution in [3.05, 3.63) is 59.5 Å². The standard InChI is InChI=1S/C19H14F2N6O2S2/c1-29-13-5-3-12(4-6-13)27-19(24-25-26-27)31-10-17(28)23-18-22-16(9-30-18)14-8-11(20)2-7-15(14)21/h2-9H,10H2,1H3,(H,22,23,28). The van der Waals surface area contributed by atoms with Crippen molar-refractivity contribution in [3.8, 4) is 22.7 Å². The number of methoxy groups -OCH3 is 1. The molecule has 1 amide bonds. The Hall–Kier alpha value is -3.38. The largest absolute Gasteiger partial charge is 0.497 e. The molecule has 0 radical (unpaired) electrons. The number of nitrogens with zero attached hydrogens (tertiary/aromatic N) is 5. The zero-order valence-electron chi connectivity index (χ0n) is 16.0. The topological polar surface area (TPSA) is 94.8 Å². The SMILES string of the molecule is COc1ccc(-n2nnnc2SCC(=O)Nc2nc(-c3cc(F)ccc3F)cs2)cc1. The summed E-state index contributed by atoms with van der Waals surface area (Å²) in [7, 11) is 1.58. The Morgan fingerprint density at radius 1 is 1.23 bits per heavy atom. The van der Waals surface area contributed by atoms with Crippen LogP contribution in [-0.2, 0) is 4.79 Å². The van der Waals surface area contributed by atoms with E-state index in [9.17, 15) is 13.6 Å². The highest BCUT2D eigenvalue weighted by Gasteiger charge is 2.15. The fourth-order valence-electron chi connectivity index (χ4n) is 2.59. The summed E-state index contributed by atoms with van der Waals surface area (Å²) < 4.78 is 33.9. The summed E-state index contributed by atoms with van der Waals surface area (Å²) in [5.74, 6) is -0.771. The molecule has 0 aliphatic carbocycles. The lowest BCUT2D eigenvalue weighted by molar-refractivity contribution is -0.113. The molecule has 4 aromatic rings. The summed E-state index contributed by atoms with van der Waals surface area (Å²) >= 11 is 2.26. The Balaban J connectivity index is 1.39. The van der Waals surface area contributed by atoms with Crippen LogP contribution in [-0.4, -0.2) is 44.0 Å². The number of aromatic nitrogens is 5. The normalized spacial score (nSPS) is 10.8. The average molecular weight is 460 g/mol. The number of hydrogen-bond acceptors (Lipinski definition) is 8. The quantitative estimate of drug-likeness (QED) is 0.419. The molecule has 0 aliphatic rings. The minimum absolute atomic E-state index is 0.0275. The maximum absolute atomic E-state index is 13.9. The van der Waals surface area contributed by atoms with Gasteiger partial charge in [0, 0.05) is 10.9 Å². The Bertz CT molecular complexity index is 1210. The predicted molar refractivity (Wildman–Crippen MR) is 113 cm³/mol. The Kier molecular flexibility index (Phi) is 6.18. The third-order valence-electron chi connectivity index (χ3n) is 4.05. The van der Waals surface area contributed by atoms with Gasteiger partial charge >= 0.3 is 0 Å². The minimum atomic E-state index is -0.592. The van der Waals surface area contributed by atoms with Crippen LogP contribution < -0.4 is 10.1 Å². The molecule has 0 spiro atoms. The number of anilines is 1. The number of benzene rings is 2. The van der Waals surface area contributed by atoms with Crippen LogP contribution in [0.4, 0.5) is 13.9 Å². The van der Waals surface area contributed by atoms with Gasteiger partial charge in [0.2, 0.25) is 11.1 Å². The van der Waals surface area contributed by atoms with E-state index in [0.717, 1.165) is 47.0 Å². The van der Waals surface area contributed by atoms with Crippen molar-refractivity contribution in [1.82, 2.24) is 25.2 Å². The number of carbonyl (C=O) groups is 1. The Morgan fingerprint density at radius 3 is 2.81 bits per heavy atom. The zero-order chi connectivity index (χ0) is 21.8. The molecule has 2 heterocycles. The molecule has 0 bridgehead atoms. The van der Waals surface area contributed by atoms with E-state index in [2.05, 4.69) is 25.8 Å². The molecule has 0 saturated heterocycles. The number of thiazole rings is 1. The molecule has 158 valence electrons. The summed E-state index contributed by atoms with van der Waals surface area (Å²) in [5, 5.41) is 16.4. The first-order valence-corrected chi connectivity index (χ1v) is 10.7. The zero-order valence-corrected chi connectivity index (χ0v) is 17.6. The number of ether oxygens (including phenoxy) is 1. The monoisotopic (exact) mass is 460 g/mol. The highest BCUT2D eigenvalue weighted by atomic mass is 32.2. The molecular weight excluding hydrogens is 446 g/mol. The summed E-state index contributed by atoms with van der Waals surface area (Å²) in [6.45, 7) is 0. The van der Waals surface area contributed by atoms with E-state index in [-0.39, 0.29) is 28.0 Å². The number of tetrazole rings is 1. The van der Waals surface area contributed by atoms with Gasteiger partial charge in [0.15, 0.2) is 5.13 Å². The molecule has 1 N–H and O–H groups in total. The third kappa shape index (κ3) is 4.86. The molecule has 12 heteroatoms. The van der Waals surface area contributed by atoms with Crippen molar-refractivity contribution in [2.75, 3.05) is 18.2 Å². The third-order valence-corrected chi connectivity index (χ3v) is 5.72. The van der Waals surface area contributed by atoms with Crippen molar-refractivity contribution < 1.29 is 18.3 Å².